The number of aryl methyl sites for hydroxylation is 2. The lowest BCUT2D eigenvalue weighted by Crippen LogP contribution is -2.28. The largest absolute Gasteiger partial charge is 0.332 e. The Labute approximate surface area is 159 Å². The van der Waals surface area contributed by atoms with Crippen molar-refractivity contribution < 1.29 is 24.4 Å². The van der Waals surface area contributed by atoms with Gasteiger partial charge >= 0.3 is 7.60 Å². The number of hydrogen-bond acceptors (Lipinski definition) is 3. The van der Waals surface area contributed by atoms with Crippen LogP contribution in [0.25, 0.3) is 0 Å². The predicted molar refractivity (Wildman–Crippen MR) is 103 cm³/mol. The molecule has 6 nitrogen and oxygen atoms in total. The van der Waals surface area contributed by atoms with Gasteiger partial charge in [-0.1, -0.05) is 60.2 Å². The molecule has 0 aromatic heterocycles. The van der Waals surface area contributed by atoms with E-state index in [-0.39, 0.29) is 19.4 Å². The quantitative estimate of drug-likeness (QED) is 0.343. The molecule has 0 unspecified atom stereocenters. The van der Waals surface area contributed by atoms with Gasteiger partial charge in [-0.15, -0.1) is 0 Å². The Morgan fingerprint density at radius 2 is 1.70 bits per heavy atom. The zero-order valence-corrected chi connectivity index (χ0v) is 16.3. The SMILES string of the molecule is Cc1ccc(CCCN(O)C(=O)CC[C@@H](c2ccccc2)P(=O)(O)O)cc1. The molecule has 0 heterocycles. The number of carbonyl (C=O) groups is 1. The van der Waals surface area contributed by atoms with Crippen molar-refractivity contribution in [3.05, 3.63) is 71.3 Å². The van der Waals surface area contributed by atoms with Crippen molar-refractivity contribution in [3.8, 4) is 0 Å². The maximum atomic E-state index is 12.1. The molecule has 2 aromatic carbocycles. The molecule has 0 aliphatic carbocycles. The zero-order chi connectivity index (χ0) is 19.9. The lowest BCUT2D eigenvalue weighted by atomic mass is 10.1. The molecule has 0 saturated carbocycles. The van der Waals surface area contributed by atoms with E-state index in [1.165, 1.54) is 5.56 Å². The minimum absolute atomic E-state index is 0.0256. The number of benzene rings is 2. The highest BCUT2D eigenvalue weighted by molar-refractivity contribution is 7.52. The molecular formula is C20H26NO5P. The van der Waals surface area contributed by atoms with Crippen LogP contribution in [0.5, 0.6) is 0 Å². The summed E-state index contributed by atoms with van der Waals surface area (Å²) < 4.78 is 11.8. The van der Waals surface area contributed by atoms with E-state index in [1.807, 2.05) is 31.2 Å². The molecule has 0 aliphatic heterocycles. The molecule has 0 spiro atoms. The van der Waals surface area contributed by atoms with Gasteiger partial charge in [-0.2, -0.15) is 0 Å². The van der Waals surface area contributed by atoms with Crippen LogP contribution < -0.4 is 0 Å². The van der Waals surface area contributed by atoms with Gasteiger partial charge in [0.05, 0.1) is 5.66 Å². The summed E-state index contributed by atoms with van der Waals surface area (Å²) in [5, 5.41) is 10.6. The van der Waals surface area contributed by atoms with Crippen molar-refractivity contribution in [2.75, 3.05) is 6.54 Å². The fourth-order valence-electron chi connectivity index (χ4n) is 2.91. The monoisotopic (exact) mass is 391 g/mol. The zero-order valence-electron chi connectivity index (χ0n) is 15.4. The van der Waals surface area contributed by atoms with E-state index < -0.39 is 19.2 Å². The van der Waals surface area contributed by atoms with Crippen molar-refractivity contribution in [1.29, 1.82) is 0 Å². The van der Waals surface area contributed by atoms with E-state index in [1.54, 1.807) is 30.3 Å². The Morgan fingerprint density at radius 3 is 2.30 bits per heavy atom. The molecular weight excluding hydrogens is 365 g/mol. The summed E-state index contributed by atoms with van der Waals surface area (Å²) in [4.78, 5) is 31.3. The van der Waals surface area contributed by atoms with Gasteiger partial charge in [-0.05, 0) is 37.3 Å². The third-order valence-corrected chi connectivity index (χ3v) is 5.83. The van der Waals surface area contributed by atoms with Gasteiger partial charge in [-0.25, -0.2) is 5.06 Å². The molecule has 0 fully saturated rings. The highest BCUT2D eigenvalue weighted by Crippen LogP contribution is 2.54. The summed E-state index contributed by atoms with van der Waals surface area (Å²) in [5.74, 6) is -0.534. The van der Waals surface area contributed by atoms with Gasteiger partial charge in [0.15, 0.2) is 0 Å². The molecule has 27 heavy (non-hydrogen) atoms. The molecule has 1 amide bonds. The first kappa shape index (κ1) is 21.3. The molecule has 2 aromatic rings. The van der Waals surface area contributed by atoms with Gasteiger partial charge < -0.3 is 9.79 Å². The maximum absolute atomic E-state index is 12.1. The molecule has 0 saturated heterocycles. The van der Waals surface area contributed by atoms with Gasteiger partial charge in [0, 0.05) is 13.0 Å². The van der Waals surface area contributed by atoms with Gasteiger partial charge in [0.2, 0.25) is 5.91 Å². The number of carbonyl (C=O) groups excluding carboxylic acids is 1. The summed E-state index contributed by atoms with van der Waals surface area (Å²) in [6.07, 6.45) is 1.18. The molecule has 0 radical (unpaired) electrons. The van der Waals surface area contributed by atoms with Crippen LogP contribution in [0.15, 0.2) is 54.6 Å². The maximum Gasteiger partial charge on any atom is 0.332 e. The lowest BCUT2D eigenvalue weighted by Gasteiger charge is -2.20. The van der Waals surface area contributed by atoms with E-state index >= 15 is 0 Å². The molecule has 2 rings (SSSR count). The Morgan fingerprint density at radius 1 is 1.07 bits per heavy atom. The smallest absolute Gasteiger partial charge is 0.324 e. The predicted octanol–water partition coefficient (Wildman–Crippen LogP) is 3.84. The minimum Gasteiger partial charge on any atom is -0.324 e. The molecule has 146 valence electrons. The van der Waals surface area contributed by atoms with Crippen LogP contribution in [-0.4, -0.2) is 32.5 Å². The number of amides is 1. The van der Waals surface area contributed by atoms with Crippen molar-refractivity contribution in [2.45, 2.75) is 38.3 Å². The second kappa shape index (κ2) is 9.81. The molecule has 1 atom stereocenters. The normalized spacial score (nSPS) is 12.6. The van der Waals surface area contributed by atoms with Crippen molar-refractivity contribution in [2.24, 2.45) is 0 Å². The van der Waals surface area contributed by atoms with E-state index in [4.69, 9.17) is 0 Å². The van der Waals surface area contributed by atoms with Crippen molar-refractivity contribution in [1.82, 2.24) is 5.06 Å². The molecule has 0 bridgehead atoms. The van der Waals surface area contributed by atoms with Crippen LogP contribution in [-0.2, 0) is 15.8 Å². The Bertz CT molecular complexity index is 773. The first-order valence-corrected chi connectivity index (χ1v) is 10.6. The highest BCUT2D eigenvalue weighted by Gasteiger charge is 2.31. The average molecular weight is 391 g/mol. The minimum atomic E-state index is -4.40. The third kappa shape index (κ3) is 6.92. The fraction of sp³-hybridized carbons (Fsp3) is 0.350. The lowest BCUT2D eigenvalue weighted by molar-refractivity contribution is -0.165. The summed E-state index contributed by atoms with van der Waals surface area (Å²) in [7, 11) is -4.40. The van der Waals surface area contributed by atoms with Crippen LogP contribution in [0.1, 0.15) is 41.6 Å². The Balaban J connectivity index is 1.83. The average Bonchev–Trinajstić information content (AvgIpc) is 2.63. The Kier molecular flexibility index (Phi) is 7.75. The summed E-state index contributed by atoms with van der Waals surface area (Å²) in [6, 6.07) is 16.5. The van der Waals surface area contributed by atoms with Gasteiger partial charge in [0.1, 0.15) is 0 Å². The number of hydroxylamine groups is 2. The van der Waals surface area contributed by atoms with Gasteiger partial charge in [0.25, 0.3) is 0 Å². The molecule has 0 aliphatic rings. The summed E-state index contributed by atoms with van der Waals surface area (Å²) in [5.41, 5.74) is 1.74. The second-order valence-electron chi connectivity index (χ2n) is 6.66. The highest BCUT2D eigenvalue weighted by atomic mass is 31.2. The summed E-state index contributed by atoms with van der Waals surface area (Å²) in [6.45, 7) is 2.19. The van der Waals surface area contributed by atoms with Crippen LogP contribution in [0.2, 0.25) is 0 Å². The topological polar surface area (TPSA) is 98.1 Å². The Hall–Kier alpha value is -1.98. The van der Waals surface area contributed by atoms with Crippen LogP contribution in [0.4, 0.5) is 0 Å². The standard InChI is InChI=1S/C20H26NO5P/c1-16-9-11-17(12-10-16)6-5-15-21(23)20(22)14-13-19(27(24,25)26)18-7-3-2-4-8-18/h2-4,7-12,19,23H,5-6,13-15H2,1H3,(H2,24,25,26)/t19-/m0/s1. The fourth-order valence-corrected chi connectivity index (χ4v) is 3.93. The van der Waals surface area contributed by atoms with Crippen molar-refractivity contribution in [3.63, 3.8) is 0 Å². The van der Waals surface area contributed by atoms with E-state index in [0.717, 1.165) is 12.0 Å². The first-order chi connectivity index (χ1) is 12.8. The molecule has 3 N–H and O–H groups in total. The van der Waals surface area contributed by atoms with E-state index in [0.29, 0.717) is 17.0 Å². The van der Waals surface area contributed by atoms with E-state index in [2.05, 4.69) is 0 Å². The summed E-state index contributed by atoms with van der Waals surface area (Å²) >= 11 is 0. The van der Waals surface area contributed by atoms with Crippen LogP contribution in [0, 0.1) is 6.92 Å². The molecule has 7 heteroatoms. The van der Waals surface area contributed by atoms with E-state index in [9.17, 15) is 24.4 Å². The van der Waals surface area contributed by atoms with Gasteiger partial charge in [-0.3, -0.25) is 14.6 Å². The number of hydrogen-bond donors (Lipinski definition) is 3. The second-order valence-corrected chi connectivity index (χ2v) is 8.46. The van der Waals surface area contributed by atoms with Crippen LogP contribution in [0.3, 0.4) is 0 Å². The van der Waals surface area contributed by atoms with Crippen molar-refractivity contribution >= 4 is 13.5 Å². The van der Waals surface area contributed by atoms with Crippen LogP contribution >= 0.6 is 7.60 Å². The first-order valence-electron chi connectivity index (χ1n) is 8.92. The third-order valence-electron chi connectivity index (χ3n) is 4.47. The number of nitrogens with zero attached hydrogens (tertiary/aromatic N) is 1. The number of rotatable bonds is 9.